The Morgan fingerprint density at radius 3 is 2.39 bits per heavy atom. The molecule has 0 fully saturated rings. The minimum absolute atomic E-state index is 0.0226. The summed E-state index contributed by atoms with van der Waals surface area (Å²) in [4.78, 5) is 4.67. The highest BCUT2D eigenvalue weighted by Gasteiger charge is 2.17. The Balaban J connectivity index is 2.11. The first kappa shape index (κ1) is 15.3. The Labute approximate surface area is 136 Å². The van der Waals surface area contributed by atoms with Crippen LogP contribution in [0.3, 0.4) is 0 Å². The summed E-state index contributed by atoms with van der Waals surface area (Å²) >= 11 is 0. The quantitative estimate of drug-likeness (QED) is 0.670. The number of rotatable bonds is 2. The molecule has 0 atom stereocenters. The molecule has 118 valence electrons. The predicted octanol–water partition coefficient (Wildman–Crippen LogP) is 4.93. The summed E-state index contributed by atoms with van der Waals surface area (Å²) in [6.07, 6.45) is 1.77. The molecule has 0 bridgehead atoms. The summed E-state index contributed by atoms with van der Waals surface area (Å²) < 4.78 is 1.78. The molecule has 0 saturated heterocycles. The summed E-state index contributed by atoms with van der Waals surface area (Å²) in [6.45, 7) is 6.53. The van der Waals surface area contributed by atoms with Crippen molar-refractivity contribution in [3.8, 4) is 5.88 Å². The monoisotopic (exact) mass is 306 g/mol. The fourth-order valence-corrected chi connectivity index (χ4v) is 2.89. The van der Waals surface area contributed by atoms with E-state index in [1.807, 2.05) is 49.5 Å². The lowest BCUT2D eigenvalue weighted by Crippen LogP contribution is -2.11. The predicted molar refractivity (Wildman–Crippen MR) is 97.0 cm³/mol. The SMILES string of the molecule is Cn1c(O)c(C=Nc2ccccc2C(C)(C)C)c2ccccc21. The lowest BCUT2D eigenvalue weighted by molar-refractivity contribution is 0.434. The van der Waals surface area contributed by atoms with Crippen LogP contribution in [0.5, 0.6) is 5.88 Å². The van der Waals surface area contributed by atoms with E-state index in [0.717, 1.165) is 22.2 Å². The maximum absolute atomic E-state index is 10.4. The van der Waals surface area contributed by atoms with Crippen LogP contribution in [0.2, 0.25) is 0 Å². The number of aromatic nitrogens is 1. The number of nitrogens with zero attached hydrogens (tertiary/aromatic N) is 2. The molecule has 0 unspecified atom stereocenters. The van der Waals surface area contributed by atoms with Crippen LogP contribution in [0.25, 0.3) is 10.9 Å². The number of benzene rings is 2. The molecule has 0 amide bonds. The van der Waals surface area contributed by atoms with Crippen LogP contribution in [-0.2, 0) is 12.5 Å². The van der Waals surface area contributed by atoms with E-state index in [2.05, 4.69) is 31.8 Å². The number of fused-ring (bicyclic) bond motifs is 1. The van der Waals surface area contributed by atoms with E-state index >= 15 is 0 Å². The molecule has 1 aromatic heterocycles. The summed E-state index contributed by atoms with van der Waals surface area (Å²) in [5, 5.41) is 11.4. The van der Waals surface area contributed by atoms with Crippen molar-refractivity contribution in [2.75, 3.05) is 0 Å². The van der Waals surface area contributed by atoms with Gasteiger partial charge in [-0.3, -0.25) is 4.99 Å². The van der Waals surface area contributed by atoms with Crippen molar-refractivity contribution in [1.29, 1.82) is 0 Å². The van der Waals surface area contributed by atoms with Gasteiger partial charge in [-0.15, -0.1) is 0 Å². The van der Waals surface area contributed by atoms with Gasteiger partial charge in [0.2, 0.25) is 5.88 Å². The second-order valence-electron chi connectivity index (χ2n) is 6.84. The highest BCUT2D eigenvalue weighted by Crippen LogP contribution is 2.33. The summed E-state index contributed by atoms with van der Waals surface area (Å²) in [7, 11) is 1.86. The highest BCUT2D eigenvalue weighted by atomic mass is 16.3. The van der Waals surface area contributed by atoms with Crippen LogP contribution in [0.15, 0.2) is 53.5 Å². The third kappa shape index (κ3) is 2.74. The Morgan fingerprint density at radius 2 is 1.65 bits per heavy atom. The molecule has 3 nitrogen and oxygen atoms in total. The first-order valence-corrected chi connectivity index (χ1v) is 7.79. The summed E-state index contributed by atoms with van der Waals surface area (Å²) in [5.74, 6) is 0.239. The van der Waals surface area contributed by atoms with Crippen molar-refractivity contribution in [3.05, 3.63) is 59.7 Å². The molecule has 0 aliphatic heterocycles. The standard InChI is InChI=1S/C20H22N2O/c1-20(2,3)16-10-6-7-11-17(16)21-13-15-14-9-5-8-12-18(14)22(4)19(15)23/h5-13,23H,1-4H3. The summed E-state index contributed by atoms with van der Waals surface area (Å²) in [5.41, 5.74) is 3.90. The number of aryl methyl sites for hydroxylation is 1. The van der Waals surface area contributed by atoms with Gasteiger partial charge in [-0.25, -0.2) is 0 Å². The van der Waals surface area contributed by atoms with Gasteiger partial charge in [-0.05, 0) is 23.1 Å². The molecule has 3 aromatic rings. The topological polar surface area (TPSA) is 37.5 Å². The largest absolute Gasteiger partial charge is 0.494 e. The van der Waals surface area contributed by atoms with Gasteiger partial charge in [0, 0.05) is 18.6 Å². The molecule has 0 aliphatic rings. The first-order chi connectivity index (χ1) is 10.9. The lowest BCUT2D eigenvalue weighted by Gasteiger charge is -2.20. The summed E-state index contributed by atoms with van der Waals surface area (Å²) in [6, 6.07) is 16.1. The van der Waals surface area contributed by atoms with Gasteiger partial charge in [-0.1, -0.05) is 57.2 Å². The lowest BCUT2D eigenvalue weighted by atomic mass is 9.86. The first-order valence-electron chi connectivity index (χ1n) is 7.79. The van der Waals surface area contributed by atoms with Crippen LogP contribution in [0.4, 0.5) is 5.69 Å². The van der Waals surface area contributed by atoms with Gasteiger partial charge in [0.25, 0.3) is 0 Å². The van der Waals surface area contributed by atoms with Crippen LogP contribution >= 0.6 is 0 Å². The molecule has 0 saturated carbocycles. The molecule has 2 aromatic carbocycles. The fraction of sp³-hybridized carbons (Fsp3) is 0.250. The maximum atomic E-state index is 10.4. The third-order valence-corrected chi connectivity index (χ3v) is 4.16. The molecule has 0 aliphatic carbocycles. The van der Waals surface area contributed by atoms with Crippen molar-refractivity contribution < 1.29 is 5.11 Å². The van der Waals surface area contributed by atoms with Gasteiger partial charge in [0.05, 0.1) is 16.8 Å². The minimum atomic E-state index is 0.0226. The Bertz CT molecular complexity index is 882. The Kier molecular flexibility index (Phi) is 3.72. The molecule has 3 heteroatoms. The normalized spacial score (nSPS) is 12.3. The molecule has 1 heterocycles. The highest BCUT2D eigenvalue weighted by molar-refractivity contribution is 6.03. The van der Waals surface area contributed by atoms with Gasteiger partial charge in [0.15, 0.2) is 0 Å². The zero-order valence-corrected chi connectivity index (χ0v) is 14.0. The van der Waals surface area contributed by atoms with E-state index in [1.54, 1.807) is 10.8 Å². The van der Waals surface area contributed by atoms with E-state index in [-0.39, 0.29) is 11.3 Å². The van der Waals surface area contributed by atoms with Crippen LogP contribution < -0.4 is 0 Å². The van der Waals surface area contributed by atoms with E-state index in [9.17, 15) is 5.11 Å². The molecule has 0 radical (unpaired) electrons. The molecular formula is C20H22N2O. The number of aromatic hydroxyl groups is 1. The smallest absolute Gasteiger partial charge is 0.200 e. The van der Waals surface area contributed by atoms with Gasteiger partial charge in [-0.2, -0.15) is 0 Å². The van der Waals surface area contributed by atoms with Crippen LogP contribution in [0.1, 0.15) is 31.9 Å². The second kappa shape index (κ2) is 5.58. The van der Waals surface area contributed by atoms with Gasteiger partial charge >= 0.3 is 0 Å². The molecule has 23 heavy (non-hydrogen) atoms. The van der Waals surface area contributed by atoms with Crippen LogP contribution in [0, 0.1) is 0 Å². The molecule has 0 spiro atoms. The van der Waals surface area contributed by atoms with Crippen molar-refractivity contribution in [1.82, 2.24) is 4.57 Å². The van der Waals surface area contributed by atoms with Crippen molar-refractivity contribution in [2.45, 2.75) is 26.2 Å². The van der Waals surface area contributed by atoms with E-state index in [0.29, 0.717) is 0 Å². The number of aliphatic imine (C=N–C) groups is 1. The van der Waals surface area contributed by atoms with Crippen LogP contribution in [-0.4, -0.2) is 15.9 Å². The van der Waals surface area contributed by atoms with E-state index in [1.165, 1.54) is 5.56 Å². The number of para-hydroxylation sites is 2. The van der Waals surface area contributed by atoms with Crippen molar-refractivity contribution >= 4 is 22.8 Å². The maximum Gasteiger partial charge on any atom is 0.200 e. The zero-order valence-electron chi connectivity index (χ0n) is 14.0. The second-order valence-corrected chi connectivity index (χ2v) is 6.84. The number of hydrogen-bond donors (Lipinski definition) is 1. The van der Waals surface area contributed by atoms with Gasteiger partial charge < -0.3 is 9.67 Å². The third-order valence-electron chi connectivity index (χ3n) is 4.16. The molecular weight excluding hydrogens is 284 g/mol. The van der Waals surface area contributed by atoms with E-state index < -0.39 is 0 Å². The fourth-order valence-electron chi connectivity index (χ4n) is 2.89. The van der Waals surface area contributed by atoms with Gasteiger partial charge in [0.1, 0.15) is 0 Å². The minimum Gasteiger partial charge on any atom is -0.494 e. The zero-order chi connectivity index (χ0) is 16.6. The average molecular weight is 306 g/mol. The van der Waals surface area contributed by atoms with Crippen molar-refractivity contribution in [2.24, 2.45) is 12.0 Å². The number of hydrogen-bond acceptors (Lipinski definition) is 2. The van der Waals surface area contributed by atoms with Crippen molar-refractivity contribution in [3.63, 3.8) is 0 Å². The Hall–Kier alpha value is -2.55. The van der Waals surface area contributed by atoms with E-state index in [4.69, 9.17) is 0 Å². The molecule has 1 N–H and O–H groups in total. The molecule has 3 rings (SSSR count). The Morgan fingerprint density at radius 1 is 1.00 bits per heavy atom. The average Bonchev–Trinajstić information content (AvgIpc) is 2.77.